The Hall–Kier alpha value is -0.300. The average molecular weight is 195 g/mol. The standard InChI is InChI=1S/C13H25N/c1-11(2,3)10-9-12(4,5)14(8)13(10,6)7/h9H,1-8H3. The van der Waals surface area contributed by atoms with Crippen LogP contribution in [0.15, 0.2) is 11.6 Å². The van der Waals surface area contributed by atoms with E-state index in [1.54, 1.807) is 5.57 Å². The third-order valence-electron chi connectivity index (χ3n) is 3.67. The third-order valence-corrected chi connectivity index (χ3v) is 3.67. The molecule has 1 aliphatic rings. The molecule has 0 fully saturated rings. The quantitative estimate of drug-likeness (QED) is 0.535. The maximum atomic E-state index is 2.46. The Morgan fingerprint density at radius 1 is 1.07 bits per heavy atom. The summed E-state index contributed by atoms with van der Waals surface area (Å²) in [6.07, 6.45) is 2.44. The Kier molecular flexibility index (Phi) is 2.40. The van der Waals surface area contributed by atoms with Crippen LogP contribution in [-0.2, 0) is 0 Å². The Bertz CT molecular complexity index is 263. The Morgan fingerprint density at radius 3 is 1.64 bits per heavy atom. The van der Waals surface area contributed by atoms with Crippen molar-refractivity contribution in [2.45, 2.75) is 59.5 Å². The van der Waals surface area contributed by atoms with Gasteiger partial charge >= 0.3 is 0 Å². The van der Waals surface area contributed by atoms with Crippen LogP contribution in [0.4, 0.5) is 0 Å². The summed E-state index contributed by atoms with van der Waals surface area (Å²) in [7, 11) is 2.22. The number of hydrogen-bond acceptors (Lipinski definition) is 1. The Labute approximate surface area is 89.2 Å². The van der Waals surface area contributed by atoms with Crippen molar-refractivity contribution in [2.24, 2.45) is 5.41 Å². The first-order chi connectivity index (χ1) is 5.99. The molecule has 1 heteroatoms. The SMILES string of the molecule is CN1C(C)(C)C=C(C(C)(C)C)C1(C)C. The summed E-state index contributed by atoms with van der Waals surface area (Å²) in [6.45, 7) is 16.1. The molecule has 0 aromatic rings. The molecule has 1 nitrogen and oxygen atoms in total. The number of nitrogens with zero attached hydrogens (tertiary/aromatic N) is 1. The van der Waals surface area contributed by atoms with Gasteiger partial charge in [-0.25, -0.2) is 0 Å². The molecule has 0 N–H and O–H groups in total. The second kappa shape index (κ2) is 2.85. The second-order valence-corrected chi connectivity index (χ2v) is 6.58. The van der Waals surface area contributed by atoms with Gasteiger partial charge in [0.05, 0.1) is 0 Å². The molecule has 0 aromatic heterocycles. The van der Waals surface area contributed by atoms with Crippen LogP contribution in [0.25, 0.3) is 0 Å². The van der Waals surface area contributed by atoms with E-state index in [1.807, 2.05) is 0 Å². The van der Waals surface area contributed by atoms with Gasteiger partial charge in [0.25, 0.3) is 0 Å². The van der Waals surface area contributed by atoms with Gasteiger partial charge in [-0.1, -0.05) is 26.8 Å². The molecule has 0 saturated heterocycles. The van der Waals surface area contributed by atoms with Crippen molar-refractivity contribution in [3.8, 4) is 0 Å². The van der Waals surface area contributed by atoms with Crippen LogP contribution in [0, 0.1) is 5.41 Å². The summed E-state index contributed by atoms with van der Waals surface area (Å²) < 4.78 is 0. The molecule has 0 aromatic carbocycles. The monoisotopic (exact) mass is 195 g/mol. The fourth-order valence-electron chi connectivity index (χ4n) is 2.66. The van der Waals surface area contributed by atoms with Crippen LogP contribution in [0.2, 0.25) is 0 Å². The summed E-state index contributed by atoms with van der Waals surface area (Å²) in [5.41, 5.74) is 2.19. The van der Waals surface area contributed by atoms with Gasteiger partial charge in [0.15, 0.2) is 0 Å². The summed E-state index contributed by atoms with van der Waals surface area (Å²) in [5.74, 6) is 0. The van der Waals surface area contributed by atoms with Gasteiger partial charge in [-0.15, -0.1) is 0 Å². The van der Waals surface area contributed by atoms with Crippen molar-refractivity contribution in [1.82, 2.24) is 4.90 Å². The smallest absolute Gasteiger partial charge is 0.0375 e. The van der Waals surface area contributed by atoms with Gasteiger partial charge in [-0.3, -0.25) is 4.90 Å². The fourth-order valence-corrected chi connectivity index (χ4v) is 2.66. The van der Waals surface area contributed by atoms with Gasteiger partial charge in [-0.2, -0.15) is 0 Å². The molecular weight excluding hydrogens is 170 g/mol. The van der Waals surface area contributed by atoms with Gasteiger partial charge in [0.1, 0.15) is 0 Å². The minimum atomic E-state index is 0.182. The summed E-state index contributed by atoms with van der Waals surface area (Å²) in [4.78, 5) is 2.46. The minimum absolute atomic E-state index is 0.182. The van der Waals surface area contributed by atoms with Crippen molar-refractivity contribution >= 4 is 0 Å². The topological polar surface area (TPSA) is 3.24 Å². The molecule has 82 valence electrons. The molecule has 0 spiro atoms. The lowest BCUT2D eigenvalue weighted by Gasteiger charge is -2.41. The molecule has 0 amide bonds. The van der Waals surface area contributed by atoms with E-state index >= 15 is 0 Å². The Balaban J connectivity index is 3.20. The highest BCUT2D eigenvalue weighted by Gasteiger charge is 2.46. The molecule has 0 bridgehead atoms. The average Bonchev–Trinajstić information content (AvgIpc) is 2.10. The largest absolute Gasteiger partial charge is 0.289 e. The number of hydrogen-bond donors (Lipinski definition) is 0. The van der Waals surface area contributed by atoms with Crippen LogP contribution in [-0.4, -0.2) is 23.0 Å². The van der Waals surface area contributed by atoms with Crippen LogP contribution < -0.4 is 0 Å². The van der Waals surface area contributed by atoms with Crippen LogP contribution >= 0.6 is 0 Å². The maximum Gasteiger partial charge on any atom is 0.0375 e. The van der Waals surface area contributed by atoms with E-state index in [-0.39, 0.29) is 16.5 Å². The predicted octanol–water partition coefficient (Wildman–Crippen LogP) is 3.46. The Morgan fingerprint density at radius 2 is 1.50 bits per heavy atom. The van der Waals surface area contributed by atoms with E-state index in [9.17, 15) is 0 Å². The van der Waals surface area contributed by atoms with Crippen LogP contribution in [0.3, 0.4) is 0 Å². The fraction of sp³-hybridized carbons (Fsp3) is 0.846. The van der Waals surface area contributed by atoms with Crippen molar-refractivity contribution < 1.29 is 0 Å². The molecule has 1 rings (SSSR count). The van der Waals surface area contributed by atoms with E-state index < -0.39 is 0 Å². The van der Waals surface area contributed by atoms with Gasteiger partial charge < -0.3 is 0 Å². The highest BCUT2D eigenvalue weighted by atomic mass is 15.2. The summed E-state index contributed by atoms with van der Waals surface area (Å²) in [5, 5.41) is 0. The minimum Gasteiger partial charge on any atom is -0.289 e. The molecule has 0 unspecified atom stereocenters. The highest BCUT2D eigenvalue weighted by Crippen LogP contribution is 2.46. The summed E-state index contributed by atoms with van der Waals surface area (Å²) in [6, 6.07) is 0. The van der Waals surface area contributed by atoms with Crippen LogP contribution in [0.5, 0.6) is 0 Å². The van der Waals surface area contributed by atoms with E-state index in [2.05, 4.69) is 66.5 Å². The molecular formula is C13H25N. The maximum absolute atomic E-state index is 2.46. The highest BCUT2D eigenvalue weighted by molar-refractivity contribution is 5.34. The lowest BCUT2D eigenvalue weighted by atomic mass is 9.77. The molecule has 14 heavy (non-hydrogen) atoms. The van der Waals surface area contributed by atoms with Gasteiger partial charge in [0, 0.05) is 11.1 Å². The molecule has 1 heterocycles. The van der Waals surface area contributed by atoms with Crippen molar-refractivity contribution in [3.05, 3.63) is 11.6 Å². The lowest BCUT2D eigenvalue weighted by molar-refractivity contribution is 0.119. The molecule has 0 radical (unpaired) electrons. The lowest BCUT2D eigenvalue weighted by Crippen LogP contribution is -2.48. The van der Waals surface area contributed by atoms with E-state index in [4.69, 9.17) is 0 Å². The second-order valence-electron chi connectivity index (χ2n) is 6.58. The molecule has 1 aliphatic heterocycles. The van der Waals surface area contributed by atoms with Gasteiger partial charge in [0.2, 0.25) is 0 Å². The summed E-state index contributed by atoms with van der Waals surface area (Å²) >= 11 is 0. The van der Waals surface area contributed by atoms with Crippen molar-refractivity contribution in [3.63, 3.8) is 0 Å². The number of rotatable bonds is 0. The molecule has 0 atom stereocenters. The number of likely N-dealkylation sites (N-methyl/N-ethyl adjacent to an activating group) is 1. The van der Waals surface area contributed by atoms with Crippen molar-refractivity contribution in [1.29, 1.82) is 0 Å². The first-order valence-electron chi connectivity index (χ1n) is 5.47. The normalized spacial score (nSPS) is 26.4. The zero-order valence-corrected chi connectivity index (χ0v) is 11.0. The zero-order valence-electron chi connectivity index (χ0n) is 11.0. The van der Waals surface area contributed by atoms with E-state index in [1.165, 1.54) is 0 Å². The third kappa shape index (κ3) is 1.63. The molecule has 0 aliphatic carbocycles. The first kappa shape index (κ1) is 11.8. The van der Waals surface area contributed by atoms with Crippen LogP contribution in [0.1, 0.15) is 48.5 Å². The van der Waals surface area contributed by atoms with Crippen molar-refractivity contribution in [2.75, 3.05) is 7.05 Å². The molecule has 0 saturated carbocycles. The van der Waals surface area contributed by atoms with E-state index in [0.29, 0.717) is 0 Å². The van der Waals surface area contributed by atoms with E-state index in [0.717, 1.165) is 0 Å². The zero-order chi connectivity index (χ0) is 11.4. The first-order valence-corrected chi connectivity index (χ1v) is 5.47. The van der Waals surface area contributed by atoms with Gasteiger partial charge in [-0.05, 0) is 45.7 Å². The predicted molar refractivity (Wildman–Crippen MR) is 63.5 cm³/mol.